The first-order valence-corrected chi connectivity index (χ1v) is 6.51. The lowest BCUT2D eigenvalue weighted by atomic mass is 9.98. The van der Waals surface area contributed by atoms with E-state index < -0.39 is 11.7 Å². The molecule has 0 aliphatic rings. The lowest BCUT2D eigenvalue weighted by Crippen LogP contribution is -2.06. The number of fused-ring (bicyclic) bond motifs is 1. The van der Waals surface area contributed by atoms with Crippen molar-refractivity contribution in [2.45, 2.75) is 6.18 Å². The van der Waals surface area contributed by atoms with Gasteiger partial charge in [0, 0.05) is 17.1 Å². The van der Waals surface area contributed by atoms with Crippen molar-refractivity contribution in [3.8, 4) is 11.1 Å². The number of rotatable bonds is 2. The second-order valence-electron chi connectivity index (χ2n) is 4.80. The lowest BCUT2D eigenvalue weighted by Gasteiger charge is -2.12. The maximum atomic E-state index is 13.1. The van der Waals surface area contributed by atoms with Crippen LogP contribution in [-0.4, -0.2) is 11.3 Å². The fraction of sp³-hybridized carbons (Fsp3) is 0.0588. The average molecular weight is 301 g/mol. The van der Waals surface area contributed by atoms with Crippen molar-refractivity contribution < 1.29 is 18.0 Å². The highest BCUT2D eigenvalue weighted by molar-refractivity contribution is 5.96. The minimum atomic E-state index is -4.46. The predicted molar refractivity (Wildman–Crippen MR) is 77.6 cm³/mol. The minimum absolute atomic E-state index is 0.0935. The molecule has 3 aromatic rings. The van der Waals surface area contributed by atoms with Gasteiger partial charge in [-0.2, -0.15) is 13.2 Å². The molecule has 0 atom stereocenters. The molecule has 0 N–H and O–H groups in total. The quantitative estimate of drug-likeness (QED) is 0.640. The summed E-state index contributed by atoms with van der Waals surface area (Å²) in [7, 11) is 0. The number of halogens is 3. The summed E-state index contributed by atoms with van der Waals surface area (Å²) in [5.41, 5.74) is 0.896. The number of hydrogen-bond acceptors (Lipinski definition) is 2. The van der Waals surface area contributed by atoms with E-state index in [0.717, 1.165) is 6.07 Å². The molecule has 0 bridgehead atoms. The van der Waals surface area contributed by atoms with Gasteiger partial charge < -0.3 is 0 Å². The van der Waals surface area contributed by atoms with Gasteiger partial charge in [-0.15, -0.1) is 0 Å². The molecule has 0 saturated carbocycles. The van der Waals surface area contributed by atoms with Crippen molar-refractivity contribution >= 4 is 17.2 Å². The summed E-state index contributed by atoms with van der Waals surface area (Å²) in [5.74, 6) is 0. The van der Waals surface area contributed by atoms with Crippen molar-refractivity contribution in [3.05, 3.63) is 65.9 Å². The third-order valence-electron chi connectivity index (χ3n) is 3.41. The molecular weight excluding hydrogens is 291 g/mol. The lowest BCUT2D eigenvalue weighted by molar-refractivity contribution is -0.136. The number of aldehydes is 1. The highest BCUT2D eigenvalue weighted by Gasteiger charge is 2.33. The van der Waals surface area contributed by atoms with Crippen LogP contribution in [0.15, 0.2) is 54.7 Å². The Morgan fingerprint density at radius 3 is 2.50 bits per heavy atom. The Hall–Kier alpha value is -2.69. The topological polar surface area (TPSA) is 30.0 Å². The second kappa shape index (κ2) is 5.26. The number of hydrogen-bond donors (Lipinski definition) is 0. The fourth-order valence-electron chi connectivity index (χ4n) is 2.44. The number of aromatic nitrogens is 1. The zero-order chi connectivity index (χ0) is 15.7. The molecule has 0 unspecified atom stereocenters. The van der Waals surface area contributed by atoms with Crippen molar-refractivity contribution in [1.82, 2.24) is 4.98 Å². The van der Waals surface area contributed by atoms with Crippen LogP contribution >= 0.6 is 0 Å². The summed E-state index contributed by atoms with van der Waals surface area (Å²) in [6, 6.07) is 12.3. The highest BCUT2D eigenvalue weighted by atomic mass is 19.4. The van der Waals surface area contributed by atoms with E-state index in [4.69, 9.17) is 0 Å². The van der Waals surface area contributed by atoms with Gasteiger partial charge in [0.25, 0.3) is 0 Å². The molecule has 0 amide bonds. The fourth-order valence-corrected chi connectivity index (χ4v) is 2.44. The monoisotopic (exact) mass is 301 g/mol. The van der Waals surface area contributed by atoms with E-state index in [1.165, 1.54) is 12.3 Å². The van der Waals surface area contributed by atoms with Gasteiger partial charge >= 0.3 is 6.18 Å². The Morgan fingerprint density at radius 2 is 1.77 bits per heavy atom. The Morgan fingerprint density at radius 1 is 1.00 bits per heavy atom. The number of carbonyl (C=O) groups excluding carboxylic acids is 1. The third kappa shape index (κ3) is 2.45. The van der Waals surface area contributed by atoms with Gasteiger partial charge in [-0.3, -0.25) is 9.78 Å². The van der Waals surface area contributed by atoms with Crippen LogP contribution in [0.1, 0.15) is 15.9 Å². The number of nitrogens with zero attached hydrogens (tertiary/aromatic N) is 1. The predicted octanol–water partition coefficient (Wildman–Crippen LogP) is 4.73. The molecule has 22 heavy (non-hydrogen) atoms. The summed E-state index contributed by atoms with van der Waals surface area (Å²) >= 11 is 0. The molecule has 2 nitrogen and oxygen atoms in total. The van der Waals surface area contributed by atoms with E-state index in [0.29, 0.717) is 28.4 Å². The van der Waals surface area contributed by atoms with Crippen LogP contribution in [0.2, 0.25) is 0 Å². The van der Waals surface area contributed by atoms with Crippen LogP contribution in [0.3, 0.4) is 0 Å². The summed E-state index contributed by atoms with van der Waals surface area (Å²) in [4.78, 5) is 14.8. The van der Waals surface area contributed by atoms with Crippen LogP contribution in [0, 0.1) is 0 Å². The van der Waals surface area contributed by atoms with Crippen LogP contribution in [0.25, 0.3) is 22.0 Å². The number of carbonyl (C=O) groups is 1. The number of para-hydroxylation sites is 1. The summed E-state index contributed by atoms with van der Waals surface area (Å²) in [5, 5.41) is 0.403. The van der Waals surface area contributed by atoms with E-state index >= 15 is 0 Å². The van der Waals surface area contributed by atoms with E-state index in [1.54, 1.807) is 36.4 Å². The van der Waals surface area contributed by atoms with Gasteiger partial charge in [0.15, 0.2) is 0 Å². The second-order valence-corrected chi connectivity index (χ2v) is 4.80. The molecule has 1 heterocycles. The summed E-state index contributed by atoms with van der Waals surface area (Å²) < 4.78 is 39.3. The molecular formula is C17H10F3NO. The minimum Gasteiger partial charge on any atom is -0.298 e. The van der Waals surface area contributed by atoms with Crippen molar-refractivity contribution in [1.29, 1.82) is 0 Å². The van der Waals surface area contributed by atoms with Gasteiger partial charge in [-0.05, 0) is 29.3 Å². The molecule has 0 saturated heterocycles. The molecule has 2 aromatic carbocycles. The maximum absolute atomic E-state index is 13.1. The smallest absolute Gasteiger partial charge is 0.298 e. The van der Waals surface area contributed by atoms with Crippen molar-refractivity contribution in [3.63, 3.8) is 0 Å². The van der Waals surface area contributed by atoms with Gasteiger partial charge in [0.1, 0.15) is 6.29 Å². The van der Waals surface area contributed by atoms with Gasteiger partial charge in [0.05, 0.1) is 11.1 Å². The highest BCUT2D eigenvalue weighted by Crippen LogP contribution is 2.36. The Kier molecular flexibility index (Phi) is 3.41. The first kappa shape index (κ1) is 14.3. The number of alkyl halides is 3. The Balaban J connectivity index is 2.30. The van der Waals surface area contributed by atoms with E-state index in [9.17, 15) is 18.0 Å². The Labute approximate surface area is 124 Å². The molecule has 3 rings (SSSR count). The van der Waals surface area contributed by atoms with E-state index in [1.807, 2.05) is 0 Å². The van der Waals surface area contributed by atoms with Gasteiger partial charge in [-0.1, -0.05) is 30.3 Å². The largest absolute Gasteiger partial charge is 0.418 e. The normalized spacial score (nSPS) is 11.6. The van der Waals surface area contributed by atoms with Crippen LogP contribution < -0.4 is 0 Å². The summed E-state index contributed by atoms with van der Waals surface area (Å²) in [6.07, 6.45) is -2.41. The van der Waals surface area contributed by atoms with Crippen molar-refractivity contribution in [2.75, 3.05) is 0 Å². The maximum Gasteiger partial charge on any atom is 0.418 e. The zero-order valence-electron chi connectivity index (χ0n) is 11.3. The Bertz CT molecular complexity index is 856. The van der Waals surface area contributed by atoms with Gasteiger partial charge in [0.2, 0.25) is 0 Å². The molecule has 5 heteroatoms. The molecule has 110 valence electrons. The molecule has 0 aliphatic carbocycles. The third-order valence-corrected chi connectivity index (χ3v) is 3.41. The molecule has 0 radical (unpaired) electrons. The van der Waals surface area contributed by atoms with Crippen LogP contribution in [0.5, 0.6) is 0 Å². The summed E-state index contributed by atoms with van der Waals surface area (Å²) in [6.45, 7) is 0. The van der Waals surface area contributed by atoms with Crippen molar-refractivity contribution in [2.24, 2.45) is 0 Å². The zero-order valence-corrected chi connectivity index (χ0v) is 11.3. The van der Waals surface area contributed by atoms with E-state index in [-0.39, 0.29) is 5.52 Å². The molecule has 0 aliphatic heterocycles. The molecule has 0 spiro atoms. The molecule has 1 aromatic heterocycles. The molecule has 0 fully saturated rings. The number of benzene rings is 2. The standard InChI is InChI=1S/C17H10F3NO/c18-17(19,20)15-6-2-5-14-13(7-8-21-16(14)15)12-4-1-3-11(9-12)10-22/h1-10H. The number of pyridine rings is 1. The van der Waals surface area contributed by atoms with Gasteiger partial charge in [-0.25, -0.2) is 0 Å². The first-order chi connectivity index (χ1) is 10.5. The van der Waals surface area contributed by atoms with Crippen LogP contribution in [-0.2, 0) is 6.18 Å². The average Bonchev–Trinajstić information content (AvgIpc) is 2.53. The van der Waals surface area contributed by atoms with Crippen LogP contribution in [0.4, 0.5) is 13.2 Å². The van der Waals surface area contributed by atoms with E-state index in [2.05, 4.69) is 4.98 Å². The first-order valence-electron chi connectivity index (χ1n) is 6.51. The SMILES string of the molecule is O=Cc1cccc(-c2ccnc3c(C(F)(F)F)cccc23)c1.